The molecule has 0 heterocycles. The van der Waals surface area contributed by atoms with Crippen LogP contribution in [0.25, 0.3) is 0 Å². The van der Waals surface area contributed by atoms with E-state index in [9.17, 15) is 0 Å². The van der Waals surface area contributed by atoms with Gasteiger partial charge in [-0.05, 0) is 43.5 Å². The quantitative estimate of drug-likeness (QED) is 0.855. The standard InChI is InChI=1S/C12H18ClNO/c1-4-11(14)9-7-10(13)12(15-5-2)6-8(9)3/h6-7,11H,4-5,14H2,1-3H3. The fourth-order valence-corrected chi connectivity index (χ4v) is 1.78. The Labute approximate surface area is 96.4 Å². The molecule has 2 nitrogen and oxygen atoms in total. The molecule has 0 fully saturated rings. The summed E-state index contributed by atoms with van der Waals surface area (Å²) in [5.41, 5.74) is 8.23. The monoisotopic (exact) mass is 227 g/mol. The van der Waals surface area contributed by atoms with Crippen LogP contribution >= 0.6 is 11.6 Å². The summed E-state index contributed by atoms with van der Waals surface area (Å²) in [7, 11) is 0. The molecule has 0 spiro atoms. The molecular formula is C12H18ClNO. The van der Waals surface area contributed by atoms with Gasteiger partial charge in [-0.1, -0.05) is 18.5 Å². The zero-order valence-corrected chi connectivity index (χ0v) is 10.3. The second-order valence-electron chi connectivity index (χ2n) is 3.59. The molecule has 0 aliphatic heterocycles. The van der Waals surface area contributed by atoms with Crippen LogP contribution in [0.15, 0.2) is 12.1 Å². The van der Waals surface area contributed by atoms with Gasteiger partial charge >= 0.3 is 0 Å². The van der Waals surface area contributed by atoms with Crippen LogP contribution in [0, 0.1) is 6.92 Å². The first-order valence-corrected chi connectivity index (χ1v) is 5.66. The number of benzene rings is 1. The molecule has 1 rings (SSSR count). The second-order valence-corrected chi connectivity index (χ2v) is 3.99. The van der Waals surface area contributed by atoms with Gasteiger partial charge in [0.25, 0.3) is 0 Å². The predicted molar refractivity (Wildman–Crippen MR) is 64.6 cm³/mol. The molecular weight excluding hydrogens is 210 g/mol. The number of halogens is 1. The topological polar surface area (TPSA) is 35.2 Å². The smallest absolute Gasteiger partial charge is 0.138 e. The zero-order valence-electron chi connectivity index (χ0n) is 9.51. The average molecular weight is 228 g/mol. The third-order valence-corrected chi connectivity index (χ3v) is 2.76. The Morgan fingerprint density at radius 1 is 1.40 bits per heavy atom. The number of hydrogen-bond donors (Lipinski definition) is 1. The Bertz CT molecular complexity index is 339. The number of nitrogens with two attached hydrogens (primary N) is 1. The van der Waals surface area contributed by atoms with Gasteiger partial charge in [0, 0.05) is 6.04 Å². The number of ether oxygens (including phenoxy) is 1. The lowest BCUT2D eigenvalue weighted by molar-refractivity contribution is 0.340. The van der Waals surface area contributed by atoms with Crippen molar-refractivity contribution in [2.45, 2.75) is 33.2 Å². The van der Waals surface area contributed by atoms with E-state index in [0.29, 0.717) is 11.6 Å². The SMILES string of the molecule is CCOc1cc(C)c(C(N)CC)cc1Cl. The molecule has 1 aromatic carbocycles. The summed E-state index contributed by atoms with van der Waals surface area (Å²) in [5.74, 6) is 0.740. The fourth-order valence-electron chi connectivity index (χ4n) is 1.56. The summed E-state index contributed by atoms with van der Waals surface area (Å²) < 4.78 is 5.41. The lowest BCUT2D eigenvalue weighted by Crippen LogP contribution is -2.10. The first-order valence-electron chi connectivity index (χ1n) is 5.28. The van der Waals surface area contributed by atoms with Crippen LogP contribution in [0.4, 0.5) is 0 Å². The summed E-state index contributed by atoms with van der Waals surface area (Å²) in [6.07, 6.45) is 0.908. The van der Waals surface area contributed by atoms with Crippen molar-refractivity contribution < 1.29 is 4.74 Å². The molecule has 0 bridgehead atoms. The Morgan fingerprint density at radius 2 is 2.07 bits per heavy atom. The van der Waals surface area contributed by atoms with Crippen molar-refractivity contribution in [1.29, 1.82) is 0 Å². The summed E-state index contributed by atoms with van der Waals surface area (Å²) in [5, 5.41) is 0.640. The zero-order chi connectivity index (χ0) is 11.4. The second kappa shape index (κ2) is 5.38. The minimum atomic E-state index is 0.0539. The maximum Gasteiger partial charge on any atom is 0.138 e. The third-order valence-electron chi connectivity index (χ3n) is 2.46. The number of rotatable bonds is 4. The minimum Gasteiger partial charge on any atom is -0.492 e. The Morgan fingerprint density at radius 3 is 2.60 bits per heavy atom. The van der Waals surface area contributed by atoms with Crippen molar-refractivity contribution in [3.8, 4) is 5.75 Å². The lowest BCUT2D eigenvalue weighted by atomic mass is 10.00. The molecule has 0 aliphatic rings. The summed E-state index contributed by atoms with van der Waals surface area (Å²) >= 11 is 6.10. The van der Waals surface area contributed by atoms with E-state index in [-0.39, 0.29) is 6.04 Å². The molecule has 15 heavy (non-hydrogen) atoms. The molecule has 0 saturated carbocycles. The number of aryl methyl sites for hydroxylation is 1. The summed E-state index contributed by atoms with van der Waals surface area (Å²) in [4.78, 5) is 0. The Hall–Kier alpha value is -0.730. The molecule has 1 unspecified atom stereocenters. The molecule has 3 heteroatoms. The van der Waals surface area contributed by atoms with Crippen LogP contribution in [-0.4, -0.2) is 6.61 Å². The van der Waals surface area contributed by atoms with Gasteiger partial charge in [0.15, 0.2) is 0 Å². The highest BCUT2D eigenvalue weighted by molar-refractivity contribution is 6.32. The van der Waals surface area contributed by atoms with E-state index < -0.39 is 0 Å². The molecule has 0 radical (unpaired) electrons. The van der Waals surface area contributed by atoms with Crippen LogP contribution in [0.3, 0.4) is 0 Å². The van der Waals surface area contributed by atoms with E-state index in [1.165, 1.54) is 0 Å². The van der Waals surface area contributed by atoms with Gasteiger partial charge in [-0.15, -0.1) is 0 Å². The van der Waals surface area contributed by atoms with Crippen molar-refractivity contribution in [3.63, 3.8) is 0 Å². The lowest BCUT2D eigenvalue weighted by Gasteiger charge is -2.15. The highest BCUT2D eigenvalue weighted by Gasteiger charge is 2.11. The number of hydrogen-bond acceptors (Lipinski definition) is 2. The van der Waals surface area contributed by atoms with Crippen molar-refractivity contribution in [1.82, 2.24) is 0 Å². The van der Waals surface area contributed by atoms with Crippen LogP contribution in [0.2, 0.25) is 5.02 Å². The first-order chi connectivity index (χ1) is 7.10. The molecule has 0 aliphatic carbocycles. The predicted octanol–water partition coefficient (Wildman–Crippen LogP) is 3.46. The van der Waals surface area contributed by atoms with Crippen molar-refractivity contribution in [2.24, 2.45) is 5.73 Å². The van der Waals surface area contributed by atoms with Gasteiger partial charge < -0.3 is 10.5 Å². The highest BCUT2D eigenvalue weighted by Crippen LogP contribution is 2.31. The maximum atomic E-state index is 6.10. The van der Waals surface area contributed by atoms with E-state index in [1.54, 1.807) is 0 Å². The van der Waals surface area contributed by atoms with Crippen LogP contribution in [-0.2, 0) is 0 Å². The van der Waals surface area contributed by atoms with E-state index >= 15 is 0 Å². The first kappa shape index (κ1) is 12.3. The Kier molecular flexibility index (Phi) is 4.43. The van der Waals surface area contributed by atoms with Gasteiger partial charge in [0.2, 0.25) is 0 Å². The normalized spacial score (nSPS) is 12.6. The summed E-state index contributed by atoms with van der Waals surface area (Å²) in [6.45, 7) is 6.66. The molecule has 0 saturated heterocycles. The maximum absolute atomic E-state index is 6.10. The van der Waals surface area contributed by atoms with Crippen molar-refractivity contribution in [3.05, 3.63) is 28.3 Å². The molecule has 0 amide bonds. The van der Waals surface area contributed by atoms with Gasteiger partial charge in [-0.3, -0.25) is 0 Å². The van der Waals surface area contributed by atoms with Crippen molar-refractivity contribution >= 4 is 11.6 Å². The van der Waals surface area contributed by atoms with Gasteiger partial charge in [-0.2, -0.15) is 0 Å². The van der Waals surface area contributed by atoms with Gasteiger partial charge in [0.05, 0.1) is 11.6 Å². The van der Waals surface area contributed by atoms with Crippen LogP contribution < -0.4 is 10.5 Å². The van der Waals surface area contributed by atoms with Crippen LogP contribution in [0.1, 0.15) is 37.4 Å². The highest BCUT2D eigenvalue weighted by atomic mass is 35.5. The molecule has 1 atom stereocenters. The average Bonchev–Trinajstić information content (AvgIpc) is 2.22. The molecule has 84 valence electrons. The summed E-state index contributed by atoms with van der Waals surface area (Å²) in [6, 6.07) is 3.92. The molecule has 2 N–H and O–H groups in total. The molecule has 0 aromatic heterocycles. The van der Waals surface area contributed by atoms with Gasteiger partial charge in [0.1, 0.15) is 5.75 Å². The largest absolute Gasteiger partial charge is 0.492 e. The Balaban J connectivity index is 3.07. The van der Waals surface area contributed by atoms with E-state index in [4.69, 9.17) is 22.1 Å². The van der Waals surface area contributed by atoms with E-state index in [0.717, 1.165) is 23.3 Å². The van der Waals surface area contributed by atoms with E-state index in [1.807, 2.05) is 26.0 Å². The molecule has 1 aromatic rings. The minimum absolute atomic E-state index is 0.0539. The third kappa shape index (κ3) is 2.86. The fraction of sp³-hybridized carbons (Fsp3) is 0.500. The van der Waals surface area contributed by atoms with Crippen LogP contribution in [0.5, 0.6) is 5.75 Å². The van der Waals surface area contributed by atoms with Crippen molar-refractivity contribution in [2.75, 3.05) is 6.61 Å². The van der Waals surface area contributed by atoms with Gasteiger partial charge in [-0.25, -0.2) is 0 Å². The van der Waals surface area contributed by atoms with E-state index in [2.05, 4.69) is 6.92 Å².